The Morgan fingerprint density at radius 1 is 1.30 bits per heavy atom. The molecule has 20 heavy (non-hydrogen) atoms. The predicted molar refractivity (Wildman–Crippen MR) is 76.0 cm³/mol. The van der Waals surface area contributed by atoms with E-state index in [0.717, 1.165) is 16.9 Å². The van der Waals surface area contributed by atoms with Gasteiger partial charge in [0, 0.05) is 18.8 Å². The van der Waals surface area contributed by atoms with Crippen molar-refractivity contribution < 1.29 is 9.53 Å². The fourth-order valence-electron chi connectivity index (χ4n) is 1.81. The number of hydrogen-bond acceptors (Lipinski definition) is 3. The highest BCUT2D eigenvalue weighted by atomic mass is 16.5. The quantitative estimate of drug-likeness (QED) is 0.888. The predicted octanol–water partition coefficient (Wildman–Crippen LogP) is 1.62. The molecule has 2 N–H and O–H groups in total. The van der Waals surface area contributed by atoms with Crippen molar-refractivity contribution in [2.45, 2.75) is 13.5 Å². The van der Waals surface area contributed by atoms with E-state index >= 15 is 0 Å². The van der Waals surface area contributed by atoms with Crippen molar-refractivity contribution in [3.8, 4) is 5.75 Å². The normalized spacial score (nSPS) is 10.1. The van der Waals surface area contributed by atoms with Gasteiger partial charge in [0.2, 0.25) is 5.56 Å². The van der Waals surface area contributed by atoms with Gasteiger partial charge in [0.1, 0.15) is 5.75 Å². The van der Waals surface area contributed by atoms with Crippen LogP contribution in [0.15, 0.2) is 41.3 Å². The number of aromatic nitrogens is 1. The van der Waals surface area contributed by atoms with E-state index in [0.29, 0.717) is 12.1 Å². The molecule has 104 valence electrons. The van der Waals surface area contributed by atoms with E-state index in [9.17, 15) is 9.59 Å². The van der Waals surface area contributed by atoms with Gasteiger partial charge in [0.05, 0.1) is 12.7 Å². The van der Waals surface area contributed by atoms with E-state index in [1.807, 2.05) is 25.1 Å². The minimum atomic E-state index is -0.235. The van der Waals surface area contributed by atoms with Crippen LogP contribution in [0.25, 0.3) is 0 Å². The van der Waals surface area contributed by atoms with Gasteiger partial charge in [0.25, 0.3) is 5.91 Å². The topological polar surface area (TPSA) is 71.2 Å². The highest BCUT2D eigenvalue weighted by Gasteiger charge is 2.06. The summed E-state index contributed by atoms with van der Waals surface area (Å²) >= 11 is 0. The van der Waals surface area contributed by atoms with Crippen LogP contribution in [0.3, 0.4) is 0 Å². The molecule has 0 unspecified atom stereocenters. The molecule has 0 aliphatic heterocycles. The second-order valence-electron chi connectivity index (χ2n) is 4.43. The summed E-state index contributed by atoms with van der Waals surface area (Å²) in [6, 6.07) is 8.58. The van der Waals surface area contributed by atoms with Gasteiger partial charge in [-0.1, -0.05) is 12.1 Å². The number of ether oxygens (including phenoxy) is 1. The Morgan fingerprint density at radius 2 is 2.10 bits per heavy atom. The minimum absolute atomic E-state index is 0.232. The minimum Gasteiger partial charge on any atom is -0.496 e. The molecule has 1 amide bonds. The summed E-state index contributed by atoms with van der Waals surface area (Å²) in [6.07, 6.45) is 1.40. The summed E-state index contributed by atoms with van der Waals surface area (Å²) in [6.45, 7) is 2.36. The number of carbonyl (C=O) groups is 1. The number of aromatic amines is 1. The molecular weight excluding hydrogens is 256 g/mol. The van der Waals surface area contributed by atoms with E-state index in [2.05, 4.69) is 10.3 Å². The molecule has 2 aromatic rings. The second kappa shape index (κ2) is 6.06. The lowest BCUT2D eigenvalue weighted by Crippen LogP contribution is -2.23. The van der Waals surface area contributed by atoms with Gasteiger partial charge in [0.15, 0.2) is 0 Å². The molecule has 1 heterocycles. The van der Waals surface area contributed by atoms with Gasteiger partial charge in [-0.2, -0.15) is 0 Å². The third kappa shape index (κ3) is 3.26. The van der Waals surface area contributed by atoms with Crippen molar-refractivity contribution in [1.29, 1.82) is 0 Å². The average Bonchev–Trinajstić information content (AvgIpc) is 2.46. The molecule has 0 radical (unpaired) electrons. The Kier molecular flexibility index (Phi) is 4.20. The summed E-state index contributed by atoms with van der Waals surface area (Å²) in [4.78, 5) is 25.3. The lowest BCUT2D eigenvalue weighted by atomic mass is 10.1. The molecule has 0 bridgehead atoms. The van der Waals surface area contributed by atoms with Gasteiger partial charge >= 0.3 is 0 Å². The fourth-order valence-corrected chi connectivity index (χ4v) is 1.81. The number of aryl methyl sites for hydroxylation is 1. The van der Waals surface area contributed by atoms with Crippen LogP contribution in [0.4, 0.5) is 0 Å². The standard InChI is InChI=1S/C15H16N2O3/c1-10-3-4-11(7-13(10)20-2)8-17-15(19)12-5-6-14(18)16-9-12/h3-7,9H,8H2,1-2H3,(H,16,18)(H,17,19). The van der Waals surface area contributed by atoms with E-state index < -0.39 is 0 Å². The van der Waals surface area contributed by atoms with E-state index in [1.54, 1.807) is 7.11 Å². The molecule has 0 aliphatic rings. The Balaban J connectivity index is 2.03. The summed E-state index contributed by atoms with van der Waals surface area (Å²) in [5, 5.41) is 2.79. The number of benzene rings is 1. The second-order valence-corrected chi connectivity index (χ2v) is 4.43. The molecule has 1 aromatic carbocycles. The van der Waals surface area contributed by atoms with Crippen LogP contribution in [0, 0.1) is 6.92 Å². The largest absolute Gasteiger partial charge is 0.496 e. The Morgan fingerprint density at radius 3 is 2.75 bits per heavy atom. The number of nitrogens with one attached hydrogen (secondary N) is 2. The number of H-pyrrole nitrogens is 1. The molecule has 0 spiro atoms. The number of amides is 1. The van der Waals surface area contributed by atoms with Crippen molar-refractivity contribution in [3.05, 3.63) is 63.6 Å². The van der Waals surface area contributed by atoms with Gasteiger partial charge in [-0.05, 0) is 30.2 Å². The van der Waals surface area contributed by atoms with Gasteiger partial charge < -0.3 is 15.0 Å². The number of hydrogen-bond donors (Lipinski definition) is 2. The number of carbonyl (C=O) groups excluding carboxylic acids is 1. The van der Waals surface area contributed by atoms with Crippen LogP contribution in [0.1, 0.15) is 21.5 Å². The first-order chi connectivity index (χ1) is 9.60. The maximum absolute atomic E-state index is 11.9. The molecule has 0 aliphatic carbocycles. The van der Waals surface area contributed by atoms with Crippen molar-refractivity contribution in [3.63, 3.8) is 0 Å². The maximum Gasteiger partial charge on any atom is 0.253 e. The summed E-state index contributed by atoms with van der Waals surface area (Å²) in [5.74, 6) is 0.557. The van der Waals surface area contributed by atoms with Crippen LogP contribution < -0.4 is 15.6 Å². The van der Waals surface area contributed by atoms with Crippen molar-refractivity contribution >= 4 is 5.91 Å². The van der Waals surface area contributed by atoms with Crippen molar-refractivity contribution in [2.24, 2.45) is 0 Å². The zero-order valence-corrected chi connectivity index (χ0v) is 11.4. The Bertz CT molecular complexity index is 657. The molecule has 0 saturated carbocycles. The van der Waals surface area contributed by atoms with Crippen LogP contribution in [-0.2, 0) is 6.54 Å². The van der Waals surface area contributed by atoms with Crippen LogP contribution in [0.5, 0.6) is 5.75 Å². The van der Waals surface area contributed by atoms with Gasteiger partial charge in [-0.25, -0.2) is 0 Å². The average molecular weight is 272 g/mol. The third-order valence-corrected chi connectivity index (χ3v) is 2.97. The first-order valence-electron chi connectivity index (χ1n) is 6.20. The molecule has 0 atom stereocenters. The molecule has 2 rings (SSSR count). The molecular formula is C15H16N2O3. The van der Waals surface area contributed by atoms with Crippen LogP contribution in [-0.4, -0.2) is 18.0 Å². The lowest BCUT2D eigenvalue weighted by molar-refractivity contribution is 0.0950. The number of pyridine rings is 1. The molecule has 5 heteroatoms. The van der Waals surface area contributed by atoms with Crippen molar-refractivity contribution in [1.82, 2.24) is 10.3 Å². The summed E-state index contributed by atoms with van der Waals surface area (Å²) < 4.78 is 5.24. The first kappa shape index (κ1) is 13.9. The molecule has 5 nitrogen and oxygen atoms in total. The summed E-state index contributed by atoms with van der Waals surface area (Å²) in [5.41, 5.74) is 2.18. The van der Waals surface area contributed by atoms with Crippen molar-refractivity contribution in [2.75, 3.05) is 7.11 Å². The van der Waals surface area contributed by atoms with E-state index in [4.69, 9.17) is 4.74 Å². The molecule has 0 fully saturated rings. The van der Waals surface area contributed by atoms with E-state index in [1.165, 1.54) is 18.3 Å². The lowest BCUT2D eigenvalue weighted by Gasteiger charge is -2.09. The Hall–Kier alpha value is -2.56. The monoisotopic (exact) mass is 272 g/mol. The first-order valence-corrected chi connectivity index (χ1v) is 6.20. The van der Waals surface area contributed by atoms with E-state index in [-0.39, 0.29) is 11.5 Å². The van der Waals surface area contributed by atoms with Gasteiger partial charge in [-0.3, -0.25) is 9.59 Å². The number of rotatable bonds is 4. The molecule has 1 aromatic heterocycles. The van der Waals surface area contributed by atoms with Crippen LogP contribution >= 0.6 is 0 Å². The Labute approximate surface area is 116 Å². The zero-order chi connectivity index (χ0) is 14.5. The molecule has 0 saturated heterocycles. The fraction of sp³-hybridized carbons (Fsp3) is 0.200. The van der Waals surface area contributed by atoms with Crippen LogP contribution in [0.2, 0.25) is 0 Å². The summed E-state index contributed by atoms with van der Waals surface area (Å²) in [7, 11) is 1.62. The smallest absolute Gasteiger partial charge is 0.253 e. The third-order valence-electron chi connectivity index (χ3n) is 2.97. The zero-order valence-electron chi connectivity index (χ0n) is 11.4. The highest BCUT2D eigenvalue weighted by molar-refractivity contribution is 5.93. The van der Waals surface area contributed by atoms with Gasteiger partial charge in [-0.15, -0.1) is 0 Å². The maximum atomic E-state index is 11.9. The SMILES string of the molecule is COc1cc(CNC(=O)c2ccc(=O)[nH]c2)ccc1C. The number of methoxy groups -OCH3 is 1. The highest BCUT2D eigenvalue weighted by Crippen LogP contribution is 2.18.